The zero-order chi connectivity index (χ0) is 9.97. The minimum Gasteiger partial charge on any atom is -0.481 e. The Balaban J connectivity index is 2.37. The smallest absolute Gasteiger partial charge is 0.223 e. The van der Waals surface area contributed by atoms with Crippen molar-refractivity contribution in [3.63, 3.8) is 0 Å². The average molecular weight is 210 g/mol. The monoisotopic (exact) mass is 210 g/mol. The molecule has 0 amide bonds. The van der Waals surface area contributed by atoms with Crippen LogP contribution in [0.5, 0.6) is 5.88 Å². The van der Waals surface area contributed by atoms with Crippen molar-refractivity contribution in [2.24, 2.45) is 4.99 Å². The molecule has 1 aliphatic rings. The molecule has 1 aromatic rings. The summed E-state index contributed by atoms with van der Waals surface area (Å²) in [6.45, 7) is 0.840. The number of aromatic nitrogens is 2. The Kier molecular flexibility index (Phi) is 2.53. The maximum atomic E-state index is 5.54. The lowest BCUT2D eigenvalue weighted by Gasteiger charge is -2.03. The van der Waals surface area contributed by atoms with Crippen LogP contribution in [0.25, 0.3) is 0 Å². The van der Waals surface area contributed by atoms with Gasteiger partial charge in [-0.25, -0.2) is 4.98 Å². The Labute approximate surface area is 85.8 Å². The van der Waals surface area contributed by atoms with Crippen LogP contribution in [0.1, 0.15) is 5.69 Å². The molecule has 0 fully saturated rings. The van der Waals surface area contributed by atoms with Crippen LogP contribution in [0.3, 0.4) is 0 Å². The van der Waals surface area contributed by atoms with E-state index in [-0.39, 0.29) is 5.95 Å². The number of nitrogens with zero attached hydrogens (tertiary/aromatic N) is 3. The van der Waals surface area contributed by atoms with Crippen LogP contribution in [0.15, 0.2) is 11.1 Å². The number of anilines is 1. The molecule has 0 spiro atoms. The van der Waals surface area contributed by atoms with Gasteiger partial charge in [0.05, 0.1) is 7.11 Å². The molecule has 0 aromatic carbocycles. The second kappa shape index (κ2) is 3.83. The summed E-state index contributed by atoms with van der Waals surface area (Å²) < 4.78 is 5.00. The molecule has 2 N–H and O–H groups in total. The van der Waals surface area contributed by atoms with E-state index >= 15 is 0 Å². The van der Waals surface area contributed by atoms with E-state index in [9.17, 15) is 0 Å². The molecule has 1 aromatic heterocycles. The third-order valence-electron chi connectivity index (χ3n) is 1.73. The van der Waals surface area contributed by atoms with E-state index in [2.05, 4.69) is 15.0 Å². The first kappa shape index (κ1) is 9.26. The number of aliphatic imine (C=N–C) groups is 1. The minimum absolute atomic E-state index is 0.217. The van der Waals surface area contributed by atoms with Crippen LogP contribution < -0.4 is 10.5 Å². The fourth-order valence-electron chi connectivity index (χ4n) is 1.15. The predicted molar refractivity (Wildman–Crippen MR) is 56.9 cm³/mol. The SMILES string of the molecule is COc1cc(C2=NCCS2)nc(N)n1. The lowest BCUT2D eigenvalue weighted by Crippen LogP contribution is -2.04. The van der Waals surface area contributed by atoms with E-state index in [4.69, 9.17) is 10.5 Å². The van der Waals surface area contributed by atoms with Gasteiger partial charge in [0, 0.05) is 18.4 Å². The van der Waals surface area contributed by atoms with Gasteiger partial charge in [0.15, 0.2) is 0 Å². The first-order valence-electron chi connectivity index (χ1n) is 4.16. The zero-order valence-electron chi connectivity index (χ0n) is 7.73. The molecule has 0 aliphatic carbocycles. The molecule has 0 atom stereocenters. The molecule has 0 unspecified atom stereocenters. The lowest BCUT2D eigenvalue weighted by molar-refractivity contribution is 0.397. The summed E-state index contributed by atoms with van der Waals surface area (Å²) in [5.41, 5.74) is 6.28. The summed E-state index contributed by atoms with van der Waals surface area (Å²) in [6, 6.07) is 1.74. The molecule has 0 saturated carbocycles. The lowest BCUT2D eigenvalue weighted by atomic mass is 10.4. The van der Waals surface area contributed by atoms with Crippen LogP contribution in [-0.2, 0) is 0 Å². The van der Waals surface area contributed by atoms with Gasteiger partial charge in [-0.3, -0.25) is 4.99 Å². The van der Waals surface area contributed by atoms with E-state index in [1.54, 1.807) is 24.9 Å². The Bertz CT molecular complexity index is 380. The Morgan fingerprint density at radius 2 is 2.36 bits per heavy atom. The number of methoxy groups -OCH3 is 1. The van der Waals surface area contributed by atoms with E-state index in [0.29, 0.717) is 5.88 Å². The van der Waals surface area contributed by atoms with Crippen molar-refractivity contribution in [3.05, 3.63) is 11.8 Å². The summed E-state index contributed by atoms with van der Waals surface area (Å²) >= 11 is 1.67. The largest absolute Gasteiger partial charge is 0.481 e. The maximum absolute atomic E-state index is 5.54. The van der Waals surface area contributed by atoms with Crippen molar-refractivity contribution in [3.8, 4) is 5.88 Å². The molecular formula is C8H10N4OS. The van der Waals surface area contributed by atoms with Gasteiger partial charge < -0.3 is 10.5 Å². The van der Waals surface area contributed by atoms with Crippen molar-refractivity contribution >= 4 is 22.8 Å². The van der Waals surface area contributed by atoms with Gasteiger partial charge in [-0.2, -0.15) is 4.98 Å². The van der Waals surface area contributed by atoms with E-state index < -0.39 is 0 Å². The van der Waals surface area contributed by atoms with Gasteiger partial charge in [-0.15, -0.1) is 11.8 Å². The minimum atomic E-state index is 0.217. The molecule has 5 nitrogen and oxygen atoms in total. The topological polar surface area (TPSA) is 73.4 Å². The highest BCUT2D eigenvalue weighted by molar-refractivity contribution is 8.14. The van der Waals surface area contributed by atoms with Crippen molar-refractivity contribution in [2.45, 2.75) is 0 Å². The van der Waals surface area contributed by atoms with Gasteiger partial charge in [-0.05, 0) is 0 Å². The first-order chi connectivity index (χ1) is 6.79. The average Bonchev–Trinajstić information content (AvgIpc) is 2.69. The molecule has 6 heteroatoms. The number of rotatable bonds is 2. The number of hydrogen-bond acceptors (Lipinski definition) is 6. The van der Waals surface area contributed by atoms with Crippen LogP contribution in [0.4, 0.5) is 5.95 Å². The van der Waals surface area contributed by atoms with Crippen LogP contribution in [0, 0.1) is 0 Å². The summed E-state index contributed by atoms with van der Waals surface area (Å²) in [5.74, 6) is 1.69. The zero-order valence-corrected chi connectivity index (χ0v) is 8.54. The van der Waals surface area contributed by atoms with Gasteiger partial charge in [0.1, 0.15) is 10.7 Å². The number of thioether (sulfide) groups is 1. The van der Waals surface area contributed by atoms with Gasteiger partial charge in [-0.1, -0.05) is 0 Å². The number of nitrogen functional groups attached to an aromatic ring is 1. The molecule has 0 saturated heterocycles. The second-order valence-corrected chi connectivity index (χ2v) is 3.77. The number of hydrogen-bond donors (Lipinski definition) is 1. The van der Waals surface area contributed by atoms with E-state index in [0.717, 1.165) is 23.0 Å². The quantitative estimate of drug-likeness (QED) is 0.772. The number of ether oxygens (including phenoxy) is 1. The van der Waals surface area contributed by atoms with Crippen molar-refractivity contribution in [2.75, 3.05) is 25.1 Å². The van der Waals surface area contributed by atoms with Crippen LogP contribution in [-0.4, -0.2) is 34.4 Å². The van der Waals surface area contributed by atoms with Gasteiger partial charge >= 0.3 is 0 Å². The number of nitrogens with two attached hydrogens (primary N) is 1. The third kappa shape index (κ3) is 1.79. The Morgan fingerprint density at radius 1 is 1.50 bits per heavy atom. The normalized spacial score (nSPS) is 15.4. The maximum Gasteiger partial charge on any atom is 0.223 e. The fraction of sp³-hybridized carbons (Fsp3) is 0.375. The van der Waals surface area contributed by atoms with Crippen LogP contribution in [0.2, 0.25) is 0 Å². The summed E-state index contributed by atoms with van der Waals surface area (Å²) in [4.78, 5) is 12.3. The molecule has 2 heterocycles. The summed E-state index contributed by atoms with van der Waals surface area (Å²) in [7, 11) is 1.55. The molecule has 74 valence electrons. The molecular weight excluding hydrogens is 200 g/mol. The Morgan fingerprint density at radius 3 is 3.00 bits per heavy atom. The van der Waals surface area contributed by atoms with Crippen LogP contribution >= 0.6 is 11.8 Å². The molecule has 2 rings (SSSR count). The van der Waals surface area contributed by atoms with Crippen molar-refractivity contribution in [1.29, 1.82) is 0 Å². The summed E-state index contributed by atoms with van der Waals surface area (Å²) in [6.07, 6.45) is 0. The molecule has 0 radical (unpaired) electrons. The molecule has 14 heavy (non-hydrogen) atoms. The Hall–Kier alpha value is -1.30. The van der Waals surface area contributed by atoms with Gasteiger partial charge in [0.25, 0.3) is 0 Å². The summed E-state index contributed by atoms with van der Waals surface area (Å²) in [5, 5.41) is 0.914. The second-order valence-electron chi connectivity index (χ2n) is 2.69. The molecule has 1 aliphatic heterocycles. The van der Waals surface area contributed by atoms with Gasteiger partial charge in [0.2, 0.25) is 11.8 Å². The first-order valence-corrected chi connectivity index (χ1v) is 5.14. The van der Waals surface area contributed by atoms with Crippen molar-refractivity contribution in [1.82, 2.24) is 9.97 Å². The highest BCUT2D eigenvalue weighted by atomic mass is 32.2. The highest BCUT2D eigenvalue weighted by Crippen LogP contribution is 2.20. The van der Waals surface area contributed by atoms with E-state index in [1.807, 2.05) is 0 Å². The van der Waals surface area contributed by atoms with Crippen molar-refractivity contribution < 1.29 is 4.74 Å². The fourth-order valence-corrected chi connectivity index (χ4v) is 1.96. The molecule has 0 bridgehead atoms. The third-order valence-corrected chi connectivity index (χ3v) is 2.73. The van der Waals surface area contributed by atoms with E-state index in [1.165, 1.54) is 0 Å². The highest BCUT2D eigenvalue weighted by Gasteiger charge is 2.13. The predicted octanol–water partition coefficient (Wildman–Crippen LogP) is 0.561. The standard InChI is InChI=1S/C8H10N4OS/c1-13-6-4-5(11-8(9)12-6)7-10-2-3-14-7/h4H,2-3H2,1H3,(H2,9,11,12).